The van der Waals surface area contributed by atoms with Gasteiger partial charge >= 0.3 is 0 Å². The molecular weight excluding hydrogens is 355 g/mol. The number of nitrogen functional groups attached to an aromatic ring is 1. The summed E-state index contributed by atoms with van der Waals surface area (Å²) in [6, 6.07) is 19.9. The van der Waals surface area contributed by atoms with Crippen molar-refractivity contribution >= 4 is 11.5 Å². The van der Waals surface area contributed by atoms with Crippen LogP contribution in [0.2, 0.25) is 0 Å². The minimum atomic E-state index is -0.295. The van der Waals surface area contributed by atoms with E-state index in [0.717, 1.165) is 39.4 Å². The van der Waals surface area contributed by atoms with E-state index in [2.05, 4.69) is 20.4 Å². The zero-order valence-electron chi connectivity index (χ0n) is 14.7. The van der Waals surface area contributed by atoms with E-state index in [9.17, 15) is 4.39 Å². The average molecular weight is 370 g/mol. The van der Waals surface area contributed by atoms with E-state index in [-0.39, 0.29) is 5.82 Å². The number of aromatic amines is 1. The number of pyridine rings is 1. The Balaban J connectivity index is 1.69. The predicted molar refractivity (Wildman–Crippen MR) is 106 cm³/mol. The molecule has 7 heteroatoms. The highest BCUT2D eigenvalue weighted by atomic mass is 19.1. The van der Waals surface area contributed by atoms with Crippen molar-refractivity contribution in [2.45, 2.75) is 0 Å². The van der Waals surface area contributed by atoms with Crippen molar-refractivity contribution in [3.8, 4) is 33.8 Å². The minimum absolute atomic E-state index is 0.295. The highest BCUT2D eigenvalue weighted by Crippen LogP contribution is 2.35. The number of anilines is 1. The van der Waals surface area contributed by atoms with E-state index in [1.165, 1.54) is 12.1 Å². The van der Waals surface area contributed by atoms with Gasteiger partial charge in [0.15, 0.2) is 17.3 Å². The summed E-state index contributed by atoms with van der Waals surface area (Å²) in [4.78, 5) is 0. The number of nitrogens with one attached hydrogen (secondary N) is 1. The van der Waals surface area contributed by atoms with Gasteiger partial charge in [-0.2, -0.15) is 5.10 Å². The molecule has 0 fully saturated rings. The first-order chi connectivity index (χ1) is 13.7. The lowest BCUT2D eigenvalue weighted by Gasteiger charge is -2.07. The Morgan fingerprint density at radius 1 is 0.821 bits per heavy atom. The molecule has 5 rings (SSSR count). The van der Waals surface area contributed by atoms with Crippen LogP contribution in [0.15, 0.2) is 72.9 Å². The molecule has 0 atom stereocenters. The smallest absolute Gasteiger partial charge is 0.168 e. The van der Waals surface area contributed by atoms with Crippen LogP contribution in [-0.4, -0.2) is 24.8 Å². The van der Waals surface area contributed by atoms with Crippen LogP contribution < -0.4 is 5.73 Å². The van der Waals surface area contributed by atoms with Gasteiger partial charge in [-0.3, -0.25) is 9.50 Å². The number of rotatable bonds is 3. The molecule has 0 aliphatic carbocycles. The maximum Gasteiger partial charge on any atom is 0.168 e. The summed E-state index contributed by atoms with van der Waals surface area (Å²) >= 11 is 0. The Kier molecular flexibility index (Phi) is 3.65. The molecule has 0 spiro atoms. The molecule has 3 heterocycles. The van der Waals surface area contributed by atoms with Gasteiger partial charge in [-0.1, -0.05) is 30.3 Å². The third-order valence-electron chi connectivity index (χ3n) is 4.65. The molecule has 2 aromatic carbocycles. The fourth-order valence-corrected chi connectivity index (χ4v) is 3.30. The number of hydrogen-bond acceptors (Lipinski definition) is 4. The summed E-state index contributed by atoms with van der Waals surface area (Å²) in [5.41, 5.74) is 11.0. The number of benzene rings is 2. The molecule has 3 N–H and O–H groups in total. The monoisotopic (exact) mass is 370 g/mol. The second-order valence-electron chi connectivity index (χ2n) is 6.40. The van der Waals surface area contributed by atoms with Crippen molar-refractivity contribution in [2.75, 3.05) is 5.73 Å². The van der Waals surface area contributed by atoms with E-state index in [1.807, 2.05) is 53.1 Å². The molecule has 0 radical (unpaired) electrons. The molecule has 0 aliphatic rings. The molecular formula is C21H15FN6. The molecule has 0 aliphatic heterocycles. The van der Waals surface area contributed by atoms with Crippen molar-refractivity contribution < 1.29 is 4.39 Å². The Morgan fingerprint density at radius 2 is 1.57 bits per heavy atom. The quantitative estimate of drug-likeness (QED) is 0.499. The summed E-state index contributed by atoms with van der Waals surface area (Å²) < 4.78 is 15.2. The standard InChI is InChI=1S/C21H15FN6/c22-16-9-6-13(7-10-16)19-18(20(23)26-25-19)15-8-11-17-24-27-21(28(17)12-15)14-4-2-1-3-5-14/h1-12H,(H3,23,25,26). The van der Waals surface area contributed by atoms with Gasteiger partial charge in [0, 0.05) is 22.9 Å². The normalized spacial score (nSPS) is 11.2. The molecule has 136 valence electrons. The second-order valence-corrected chi connectivity index (χ2v) is 6.40. The molecule has 5 aromatic rings. The van der Waals surface area contributed by atoms with Gasteiger partial charge in [-0.25, -0.2) is 4.39 Å². The van der Waals surface area contributed by atoms with Crippen LogP contribution in [0.1, 0.15) is 0 Å². The first-order valence-corrected chi connectivity index (χ1v) is 8.71. The molecule has 0 unspecified atom stereocenters. The fraction of sp³-hybridized carbons (Fsp3) is 0. The van der Waals surface area contributed by atoms with Gasteiger partial charge in [0.2, 0.25) is 0 Å². The van der Waals surface area contributed by atoms with Crippen LogP contribution in [-0.2, 0) is 0 Å². The predicted octanol–water partition coefficient (Wildman–Crippen LogP) is 4.17. The van der Waals surface area contributed by atoms with Crippen LogP contribution in [0.3, 0.4) is 0 Å². The summed E-state index contributed by atoms with van der Waals surface area (Å²) in [6.45, 7) is 0. The highest BCUT2D eigenvalue weighted by Gasteiger charge is 2.17. The Morgan fingerprint density at radius 3 is 2.36 bits per heavy atom. The van der Waals surface area contributed by atoms with Gasteiger partial charge in [0.25, 0.3) is 0 Å². The van der Waals surface area contributed by atoms with E-state index in [1.54, 1.807) is 12.1 Å². The van der Waals surface area contributed by atoms with Crippen molar-refractivity contribution in [3.05, 3.63) is 78.7 Å². The van der Waals surface area contributed by atoms with E-state index in [0.29, 0.717) is 5.82 Å². The maximum atomic E-state index is 13.3. The fourth-order valence-electron chi connectivity index (χ4n) is 3.30. The van der Waals surface area contributed by atoms with Crippen LogP contribution in [0.5, 0.6) is 0 Å². The Hall–Kier alpha value is -4.00. The molecule has 6 nitrogen and oxygen atoms in total. The van der Waals surface area contributed by atoms with Crippen LogP contribution in [0.4, 0.5) is 10.2 Å². The number of nitrogens with zero attached hydrogens (tertiary/aromatic N) is 4. The van der Waals surface area contributed by atoms with Crippen LogP contribution in [0, 0.1) is 5.82 Å². The number of nitrogens with two attached hydrogens (primary N) is 1. The lowest BCUT2D eigenvalue weighted by atomic mass is 10.0. The van der Waals surface area contributed by atoms with Crippen molar-refractivity contribution in [2.24, 2.45) is 0 Å². The van der Waals surface area contributed by atoms with Gasteiger partial charge in [-0.05, 0) is 36.4 Å². The van der Waals surface area contributed by atoms with E-state index < -0.39 is 0 Å². The molecule has 0 amide bonds. The third kappa shape index (κ3) is 2.61. The Bertz CT molecular complexity index is 1270. The number of halogens is 1. The molecule has 0 saturated carbocycles. The number of hydrogen-bond donors (Lipinski definition) is 2. The average Bonchev–Trinajstić information content (AvgIpc) is 3.32. The number of aromatic nitrogens is 5. The van der Waals surface area contributed by atoms with E-state index >= 15 is 0 Å². The van der Waals surface area contributed by atoms with Crippen molar-refractivity contribution in [3.63, 3.8) is 0 Å². The zero-order valence-corrected chi connectivity index (χ0v) is 14.7. The first kappa shape index (κ1) is 16.2. The summed E-state index contributed by atoms with van der Waals surface area (Å²) in [6.07, 6.45) is 1.94. The largest absolute Gasteiger partial charge is 0.382 e. The summed E-state index contributed by atoms with van der Waals surface area (Å²) in [7, 11) is 0. The Labute approximate surface area is 159 Å². The van der Waals surface area contributed by atoms with Crippen molar-refractivity contribution in [1.82, 2.24) is 24.8 Å². The molecule has 0 saturated heterocycles. The first-order valence-electron chi connectivity index (χ1n) is 8.71. The number of H-pyrrole nitrogens is 1. The summed E-state index contributed by atoms with van der Waals surface area (Å²) in [5.74, 6) is 0.812. The molecule has 0 bridgehead atoms. The molecule has 3 aromatic heterocycles. The lowest BCUT2D eigenvalue weighted by molar-refractivity contribution is 0.628. The third-order valence-corrected chi connectivity index (χ3v) is 4.65. The topological polar surface area (TPSA) is 84.9 Å². The molecule has 28 heavy (non-hydrogen) atoms. The second kappa shape index (κ2) is 6.31. The zero-order chi connectivity index (χ0) is 19.1. The minimum Gasteiger partial charge on any atom is -0.382 e. The van der Waals surface area contributed by atoms with Gasteiger partial charge in [0.05, 0.1) is 11.3 Å². The SMILES string of the molecule is Nc1n[nH]c(-c2ccc(F)cc2)c1-c1ccc2nnc(-c3ccccc3)n2c1. The van der Waals surface area contributed by atoms with Gasteiger partial charge < -0.3 is 5.73 Å². The van der Waals surface area contributed by atoms with Crippen LogP contribution in [0.25, 0.3) is 39.4 Å². The van der Waals surface area contributed by atoms with Gasteiger partial charge in [-0.15, -0.1) is 10.2 Å². The lowest BCUT2D eigenvalue weighted by Crippen LogP contribution is -1.93. The van der Waals surface area contributed by atoms with Gasteiger partial charge in [0.1, 0.15) is 5.82 Å². The number of fused-ring (bicyclic) bond motifs is 1. The van der Waals surface area contributed by atoms with Crippen molar-refractivity contribution in [1.29, 1.82) is 0 Å². The van der Waals surface area contributed by atoms with Crippen LogP contribution >= 0.6 is 0 Å². The summed E-state index contributed by atoms with van der Waals surface area (Å²) in [5, 5.41) is 15.7. The highest BCUT2D eigenvalue weighted by molar-refractivity contribution is 5.88. The maximum absolute atomic E-state index is 13.3. The van der Waals surface area contributed by atoms with E-state index in [4.69, 9.17) is 5.73 Å².